The number of benzene rings is 2. The highest BCUT2D eigenvalue weighted by Crippen LogP contribution is 2.44. The molecule has 2 aliphatic heterocycles. The Morgan fingerprint density at radius 1 is 1.07 bits per heavy atom. The fourth-order valence-electron chi connectivity index (χ4n) is 4.20. The summed E-state index contributed by atoms with van der Waals surface area (Å²) in [5.74, 6) is 1.87. The van der Waals surface area contributed by atoms with Crippen LogP contribution in [0.15, 0.2) is 36.4 Å². The largest absolute Gasteiger partial charge is 0.496 e. The number of ether oxygens (including phenoxy) is 4. The fourth-order valence-corrected chi connectivity index (χ4v) is 4.20. The molecular weight excluding hydrogens is 374 g/mol. The summed E-state index contributed by atoms with van der Waals surface area (Å²) in [5.41, 5.74) is 1.94. The Morgan fingerprint density at radius 2 is 1.72 bits per heavy atom. The number of fused-ring (bicyclic) bond motifs is 1. The van der Waals surface area contributed by atoms with Crippen LogP contribution in [0, 0.1) is 5.92 Å². The summed E-state index contributed by atoms with van der Waals surface area (Å²) >= 11 is 0. The van der Waals surface area contributed by atoms with Gasteiger partial charge in [-0.2, -0.15) is 0 Å². The third kappa shape index (κ3) is 3.70. The van der Waals surface area contributed by atoms with Crippen LogP contribution in [0.3, 0.4) is 0 Å². The molecule has 7 heteroatoms. The Hall–Kier alpha value is -2.93. The van der Waals surface area contributed by atoms with Crippen molar-refractivity contribution < 1.29 is 28.8 Å². The van der Waals surface area contributed by atoms with Gasteiger partial charge in [0, 0.05) is 0 Å². The number of hydrogen-bond donors (Lipinski definition) is 1. The molecular formula is C22H25NO6. The molecule has 0 spiro atoms. The zero-order valence-corrected chi connectivity index (χ0v) is 16.6. The first-order valence-corrected chi connectivity index (χ1v) is 9.69. The summed E-state index contributed by atoms with van der Waals surface area (Å²) in [5, 5.41) is 9.38. The van der Waals surface area contributed by atoms with Crippen molar-refractivity contribution in [2.24, 2.45) is 5.92 Å². The molecule has 0 saturated carbocycles. The molecule has 0 aromatic heterocycles. The SMILES string of the molecule is COc1cccc(OC)c1C(c1ccc2c(c1)OCO2)N1CCC(C(=O)O)CC1. The monoisotopic (exact) mass is 399 g/mol. The zero-order valence-electron chi connectivity index (χ0n) is 16.6. The van der Waals surface area contributed by atoms with E-state index in [1.807, 2.05) is 36.4 Å². The molecule has 29 heavy (non-hydrogen) atoms. The maximum Gasteiger partial charge on any atom is 0.306 e. The number of carboxylic acids is 1. The number of methoxy groups -OCH3 is 2. The molecule has 0 bridgehead atoms. The Kier molecular flexibility index (Phi) is 5.49. The van der Waals surface area contributed by atoms with E-state index in [9.17, 15) is 9.90 Å². The smallest absolute Gasteiger partial charge is 0.306 e. The second-order valence-electron chi connectivity index (χ2n) is 7.24. The zero-order chi connectivity index (χ0) is 20.4. The van der Waals surface area contributed by atoms with Gasteiger partial charge in [-0.3, -0.25) is 9.69 Å². The molecule has 1 atom stereocenters. The van der Waals surface area contributed by atoms with Gasteiger partial charge >= 0.3 is 5.97 Å². The van der Waals surface area contributed by atoms with Gasteiger partial charge in [0.25, 0.3) is 0 Å². The van der Waals surface area contributed by atoms with Crippen LogP contribution < -0.4 is 18.9 Å². The van der Waals surface area contributed by atoms with Gasteiger partial charge < -0.3 is 24.1 Å². The highest BCUT2D eigenvalue weighted by molar-refractivity contribution is 5.70. The van der Waals surface area contributed by atoms with E-state index < -0.39 is 5.97 Å². The molecule has 2 aromatic carbocycles. The molecule has 2 heterocycles. The molecule has 2 aromatic rings. The highest BCUT2D eigenvalue weighted by atomic mass is 16.7. The minimum absolute atomic E-state index is 0.162. The molecule has 1 fully saturated rings. The Labute approximate surface area is 169 Å². The van der Waals surface area contributed by atoms with Crippen molar-refractivity contribution in [1.82, 2.24) is 4.90 Å². The van der Waals surface area contributed by atoms with Crippen molar-refractivity contribution in [2.45, 2.75) is 18.9 Å². The first-order valence-electron chi connectivity index (χ1n) is 9.69. The van der Waals surface area contributed by atoms with Gasteiger partial charge in [-0.25, -0.2) is 0 Å². The summed E-state index contributed by atoms with van der Waals surface area (Å²) in [6.45, 7) is 1.54. The summed E-state index contributed by atoms with van der Waals surface area (Å²) < 4.78 is 22.4. The van der Waals surface area contributed by atoms with Crippen molar-refractivity contribution >= 4 is 5.97 Å². The van der Waals surface area contributed by atoms with Gasteiger partial charge in [-0.1, -0.05) is 12.1 Å². The third-order valence-electron chi connectivity index (χ3n) is 5.70. The van der Waals surface area contributed by atoms with E-state index in [0.717, 1.165) is 28.4 Å². The molecule has 2 aliphatic rings. The van der Waals surface area contributed by atoms with E-state index in [-0.39, 0.29) is 18.8 Å². The van der Waals surface area contributed by atoms with Crippen LogP contribution in [0.2, 0.25) is 0 Å². The molecule has 1 saturated heterocycles. The minimum Gasteiger partial charge on any atom is -0.496 e. The lowest BCUT2D eigenvalue weighted by Crippen LogP contribution is -2.39. The van der Waals surface area contributed by atoms with Crippen LogP contribution in [0.25, 0.3) is 0 Å². The standard InChI is InChI=1S/C22H25NO6/c1-26-17-4-3-5-18(27-2)20(17)21(23-10-8-14(9-11-23)22(24)25)15-6-7-16-19(12-15)29-13-28-16/h3-7,12,14,21H,8-11,13H2,1-2H3,(H,24,25). The lowest BCUT2D eigenvalue weighted by Gasteiger charge is -2.38. The normalized spacial score (nSPS) is 17.7. The average molecular weight is 399 g/mol. The van der Waals surface area contributed by atoms with Gasteiger partial charge in [0.15, 0.2) is 11.5 Å². The van der Waals surface area contributed by atoms with Crippen LogP contribution in [0.1, 0.15) is 30.0 Å². The molecule has 0 aliphatic carbocycles. The van der Waals surface area contributed by atoms with Crippen LogP contribution in [-0.2, 0) is 4.79 Å². The molecule has 1 unspecified atom stereocenters. The van der Waals surface area contributed by atoms with Crippen LogP contribution in [-0.4, -0.2) is 50.1 Å². The quantitative estimate of drug-likeness (QED) is 0.798. The number of piperidine rings is 1. The van der Waals surface area contributed by atoms with E-state index >= 15 is 0 Å². The number of hydrogen-bond acceptors (Lipinski definition) is 6. The maximum atomic E-state index is 11.4. The molecule has 154 valence electrons. The van der Waals surface area contributed by atoms with E-state index in [1.54, 1.807) is 14.2 Å². The number of likely N-dealkylation sites (tertiary alicyclic amines) is 1. The topological polar surface area (TPSA) is 77.5 Å². The summed E-state index contributed by atoms with van der Waals surface area (Å²) in [6, 6.07) is 11.5. The number of rotatable bonds is 6. The number of nitrogens with zero attached hydrogens (tertiary/aromatic N) is 1. The Bertz CT molecular complexity index is 869. The van der Waals surface area contributed by atoms with E-state index in [1.165, 1.54) is 0 Å². The Balaban J connectivity index is 1.78. The lowest BCUT2D eigenvalue weighted by atomic mass is 9.90. The van der Waals surface area contributed by atoms with Crippen LogP contribution in [0.4, 0.5) is 0 Å². The average Bonchev–Trinajstić information content (AvgIpc) is 3.22. The third-order valence-corrected chi connectivity index (χ3v) is 5.70. The summed E-state index contributed by atoms with van der Waals surface area (Å²) in [4.78, 5) is 13.7. The predicted octanol–water partition coefficient (Wildman–Crippen LogP) is 3.32. The minimum atomic E-state index is -0.723. The van der Waals surface area contributed by atoms with E-state index in [2.05, 4.69) is 4.90 Å². The summed E-state index contributed by atoms with van der Waals surface area (Å²) in [7, 11) is 3.29. The Morgan fingerprint density at radius 3 is 2.34 bits per heavy atom. The molecule has 0 amide bonds. The van der Waals surface area contributed by atoms with Crippen molar-refractivity contribution in [2.75, 3.05) is 34.1 Å². The predicted molar refractivity (Wildman–Crippen MR) is 106 cm³/mol. The van der Waals surface area contributed by atoms with E-state index in [0.29, 0.717) is 31.7 Å². The lowest BCUT2D eigenvalue weighted by molar-refractivity contribution is -0.143. The van der Waals surface area contributed by atoms with Crippen LogP contribution >= 0.6 is 0 Å². The second-order valence-corrected chi connectivity index (χ2v) is 7.24. The van der Waals surface area contributed by atoms with Gasteiger partial charge in [0.1, 0.15) is 11.5 Å². The van der Waals surface area contributed by atoms with Crippen molar-refractivity contribution in [3.05, 3.63) is 47.5 Å². The first kappa shape index (κ1) is 19.4. The van der Waals surface area contributed by atoms with Gasteiger partial charge in [-0.15, -0.1) is 0 Å². The molecule has 7 nitrogen and oxygen atoms in total. The molecule has 0 radical (unpaired) electrons. The highest BCUT2D eigenvalue weighted by Gasteiger charge is 2.34. The molecule has 4 rings (SSSR count). The summed E-state index contributed by atoms with van der Waals surface area (Å²) in [6.07, 6.45) is 1.21. The number of carbonyl (C=O) groups is 1. The van der Waals surface area contributed by atoms with Crippen molar-refractivity contribution in [1.29, 1.82) is 0 Å². The van der Waals surface area contributed by atoms with Crippen molar-refractivity contribution in [3.8, 4) is 23.0 Å². The fraction of sp³-hybridized carbons (Fsp3) is 0.409. The van der Waals surface area contributed by atoms with E-state index in [4.69, 9.17) is 18.9 Å². The van der Waals surface area contributed by atoms with Gasteiger partial charge in [0.2, 0.25) is 6.79 Å². The number of carboxylic acid groups (broad SMARTS) is 1. The van der Waals surface area contributed by atoms with Gasteiger partial charge in [0.05, 0.1) is 31.7 Å². The maximum absolute atomic E-state index is 11.4. The first-order chi connectivity index (χ1) is 14.1. The second kappa shape index (κ2) is 8.21. The van der Waals surface area contributed by atoms with Gasteiger partial charge in [-0.05, 0) is 55.8 Å². The van der Waals surface area contributed by atoms with Crippen molar-refractivity contribution in [3.63, 3.8) is 0 Å². The number of aliphatic carboxylic acids is 1. The molecule has 1 N–H and O–H groups in total. The van der Waals surface area contributed by atoms with Crippen LogP contribution in [0.5, 0.6) is 23.0 Å².